The molecule has 1 aliphatic heterocycles. The third-order valence-corrected chi connectivity index (χ3v) is 4.88. The number of amides is 1. The SMILES string of the molecule is Cl.Cl.O=C(Cn1nccc1C1CCCNC1)NCCc1cn2ccccc2n1. The Morgan fingerprint density at radius 1 is 1.29 bits per heavy atom. The first kappa shape index (κ1) is 22.2. The number of nitrogens with zero attached hydrogens (tertiary/aromatic N) is 4. The number of rotatable bonds is 6. The van der Waals surface area contributed by atoms with Gasteiger partial charge in [0.25, 0.3) is 0 Å². The lowest BCUT2D eigenvalue weighted by molar-refractivity contribution is -0.121. The minimum atomic E-state index is -0.0116. The van der Waals surface area contributed by atoms with Crippen molar-refractivity contribution in [3.63, 3.8) is 0 Å². The summed E-state index contributed by atoms with van der Waals surface area (Å²) in [7, 11) is 0. The topological polar surface area (TPSA) is 76.2 Å². The molecule has 1 aliphatic rings. The van der Waals surface area contributed by atoms with Crippen molar-refractivity contribution < 1.29 is 4.79 Å². The highest BCUT2D eigenvalue weighted by Crippen LogP contribution is 2.22. The Morgan fingerprint density at radius 3 is 2.96 bits per heavy atom. The van der Waals surface area contributed by atoms with Gasteiger partial charge in [0.15, 0.2) is 0 Å². The summed E-state index contributed by atoms with van der Waals surface area (Å²) in [6.45, 7) is 2.88. The van der Waals surface area contributed by atoms with Gasteiger partial charge in [-0.15, -0.1) is 24.8 Å². The highest BCUT2D eigenvalue weighted by Gasteiger charge is 2.19. The van der Waals surface area contributed by atoms with Crippen LogP contribution in [-0.4, -0.2) is 44.7 Å². The molecule has 28 heavy (non-hydrogen) atoms. The monoisotopic (exact) mass is 424 g/mol. The Labute approximate surface area is 176 Å². The van der Waals surface area contributed by atoms with Crippen molar-refractivity contribution in [3.8, 4) is 0 Å². The van der Waals surface area contributed by atoms with E-state index in [0.29, 0.717) is 18.9 Å². The second-order valence-corrected chi connectivity index (χ2v) is 6.76. The van der Waals surface area contributed by atoms with Crippen LogP contribution in [0.25, 0.3) is 5.65 Å². The molecular weight excluding hydrogens is 399 g/mol. The van der Waals surface area contributed by atoms with E-state index in [4.69, 9.17) is 0 Å². The molecule has 0 spiro atoms. The van der Waals surface area contributed by atoms with Gasteiger partial charge >= 0.3 is 0 Å². The predicted octanol–water partition coefficient (Wildman–Crippen LogP) is 2.20. The summed E-state index contributed by atoms with van der Waals surface area (Å²) in [5.74, 6) is 0.430. The Hall–Kier alpha value is -2.09. The van der Waals surface area contributed by atoms with Crippen molar-refractivity contribution in [1.29, 1.82) is 0 Å². The van der Waals surface area contributed by atoms with E-state index in [0.717, 1.165) is 36.5 Å². The van der Waals surface area contributed by atoms with Crippen LogP contribution in [0.3, 0.4) is 0 Å². The van der Waals surface area contributed by atoms with Crippen LogP contribution in [0.1, 0.15) is 30.1 Å². The number of hydrogen-bond acceptors (Lipinski definition) is 4. The van der Waals surface area contributed by atoms with Crippen LogP contribution in [0, 0.1) is 0 Å². The van der Waals surface area contributed by atoms with Gasteiger partial charge in [-0.05, 0) is 37.6 Å². The molecule has 1 saturated heterocycles. The molecule has 1 unspecified atom stereocenters. The zero-order chi connectivity index (χ0) is 17.8. The number of aromatic nitrogens is 4. The summed E-state index contributed by atoms with van der Waals surface area (Å²) in [5.41, 5.74) is 3.05. The molecule has 9 heteroatoms. The molecule has 2 N–H and O–H groups in total. The van der Waals surface area contributed by atoms with Gasteiger partial charge in [0.1, 0.15) is 12.2 Å². The summed E-state index contributed by atoms with van der Waals surface area (Å²) in [5, 5.41) is 10.7. The molecule has 1 fully saturated rings. The lowest BCUT2D eigenvalue weighted by atomic mass is 9.96. The zero-order valence-electron chi connectivity index (χ0n) is 15.6. The number of imidazole rings is 1. The molecule has 0 radical (unpaired) electrons. The van der Waals surface area contributed by atoms with E-state index in [1.54, 1.807) is 6.20 Å². The van der Waals surface area contributed by atoms with E-state index in [9.17, 15) is 4.79 Å². The summed E-state index contributed by atoms with van der Waals surface area (Å²) >= 11 is 0. The van der Waals surface area contributed by atoms with Crippen LogP contribution < -0.4 is 10.6 Å². The molecule has 4 rings (SSSR count). The minimum absolute atomic E-state index is 0. The number of carbonyl (C=O) groups excluding carboxylic acids is 1. The Morgan fingerprint density at radius 2 is 2.18 bits per heavy atom. The lowest BCUT2D eigenvalue weighted by Gasteiger charge is -2.23. The van der Waals surface area contributed by atoms with E-state index in [1.165, 1.54) is 6.42 Å². The van der Waals surface area contributed by atoms with E-state index < -0.39 is 0 Å². The molecule has 0 saturated carbocycles. The van der Waals surface area contributed by atoms with Crippen LogP contribution in [0.15, 0.2) is 42.9 Å². The second-order valence-electron chi connectivity index (χ2n) is 6.76. The van der Waals surface area contributed by atoms with Gasteiger partial charge in [-0.2, -0.15) is 5.10 Å². The maximum atomic E-state index is 12.3. The predicted molar refractivity (Wildman–Crippen MR) is 113 cm³/mol. The van der Waals surface area contributed by atoms with Gasteiger partial charge < -0.3 is 15.0 Å². The average molecular weight is 425 g/mol. The number of halogens is 2. The van der Waals surface area contributed by atoms with E-state index >= 15 is 0 Å². The first-order valence-corrected chi connectivity index (χ1v) is 9.21. The average Bonchev–Trinajstić information content (AvgIpc) is 3.28. The standard InChI is InChI=1S/C19H24N6O.2ClH/c26-19(14-25-17(7-10-22-25)15-4-3-8-20-12-15)21-9-6-16-13-24-11-2-1-5-18(24)23-16;;/h1-2,5,7,10-11,13,15,20H,3-4,6,8-9,12,14H2,(H,21,26);2*1H. The highest BCUT2D eigenvalue weighted by atomic mass is 35.5. The van der Waals surface area contributed by atoms with E-state index in [1.807, 2.05) is 45.7 Å². The van der Waals surface area contributed by atoms with E-state index in [2.05, 4.69) is 20.7 Å². The van der Waals surface area contributed by atoms with Crippen molar-refractivity contribution in [2.75, 3.05) is 19.6 Å². The fraction of sp³-hybridized carbons (Fsp3) is 0.421. The molecule has 3 aromatic heterocycles. The molecule has 1 atom stereocenters. The number of piperidine rings is 1. The number of hydrogen-bond donors (Lipinski definition) is 2. The Kier molecular flexibility index (Phi) is 8.29. The summed E-state index contributed by atoms with van der Waals surface area (Å²) in [6.07, 6.45) is 8.79. The number of pyridine rings is 1. The smallest absolute Gasteiger partial charge is 0.241 e. The molecule has 0 aliphatic carbocycles. The molecule has 4 heterocycles. The zero-order valence-corrected chi connectivity index (χ0v) is 17.2. The van der Waals surface area contributed by atoms with Crippen molar-refractivity contribution >= 4 is 36.4 Å². The van der Waals surface area contributed by atoms with Gasteiger partial charge in [0.2, 0.25) is 5.91 Å². The fourth-order valence-electron chi connectivity index (χ4n) is 3.56. The molecule has 152 valence electrons. The number of fused-ring (bicyclic) bond motifs is 1. The molecule has 0 bridgehead atoms. The highest BCUT2D eigenvalue weighted by molar-refractivity contribution is 5.85. The Balaban J connectivity index is 0.00000140. The molecule has 0 aromatic carbocycles. The maximum absolute atomic E-state index is 12.3. The number of carbonyl (C=O) groups is 1. The normalized spacial score (nSPS) is 16.2. The quantitative estimate of drug-likeness (QED) is 0.635. The second kappa shape index (κ2) is 10.5. The summed E-state index contributed by atoms with van der Waals surface area (Å²) < 4.78 is 3.82. The van der Waals surface area contributed by atoms with Crippen molar-refractivity contribution in [1.82, 2.24) is 29.8 Å². The van der Waals surface area contributed by atoms with Gasteiger partial charge in [0, 0.05) is 49.7 Å². The van der Waals surface area contributed by atoms with Gasteiger partial charge in [0.05, 0.1) is 5.69 Å². The van der Waals surface area contributed by atoms with Gasteiger partial charge in [-0.3, -0.25) is 9.48 Å². The van der Waals surface area contributed by atoms with Crippen LogP contribution >= 0.6 is 24.8 Å². The largest absolute Gasteiger partial charge is 0.354 e. The molecular formula is C19H26Cl2N6O. The maximum Gasteiger partial charge on any atom is 0.241 e. The van der Waals surface area contributed by atoms with Gasteiger partial charge in [-0.25, -0.2) is 4.98 Å². The lowest BCUT2D eigenvalue weighted by Crippen LogP contribution is -2.33. The van der Waals surface area contributed by atoms with Crippen LogP contribution in [-0.2, 0) is 17.8 Å². The van der Waals surface area contributed by atoms with E-state index in [-0.39, 0.29) is 37.3 Å². The first-order chi connectivity index (χ1) is 12.8. The third kappa shape index (κ3) is 5.25. The third-order valence-electron chi connectivity index (χ3n) is 4.88. The van der Waals surface area contributed by atoms with Crippen LogP contribution in [0.4, 0.5) is 0 Å². The fourth-order valence-corrected chi connectivity index (χ4v) is 3.56. The molecule has 7 nitrogen and oxygen atoms in total. The summed E-state index contributed by atoms with van der Waals surface area (Å²) in [6, 6.07) is 7.95. The molecule has 3 aromatic rings. The first-order valence-electron chi connectivity index (χ1n) is 9.21. The van der Waals surface area contributed by atoms with Crippen LogP contribution in [0.2, 0.25) is 0 Å². The van der Waals surface area contributed by atoms with Gasteiger partial charge in [-0.1, -0.05) is 6.07 Å². The van der Waals surface area contributed by atoms with Crippen LogP contribution in [0.5, 0.6) is 0 Å². The number of nitrogens with one attached hydrogen (secondary N) is 2. The van der Waals surface area contributed by atoms with Crippen molar-refractivity contribution in [3.05, 3.63) is 54.2 Å². The molecule has 1 amide bonds. The Bertz CT molecular complexity index is 854. The minimum Gasteiger partial charge on any atom is -0.354 e. The summed E-state index contributed by atoms with van der Waals surface area (Å²) in [4.78, 5) is 16.8. The van der Waals surface area contributed by atoms with Crippen molar-refractivity contribution in [2.24, 2.45) is 0 Å². The van der Waals surface area contributed by atoms with Crippen molar-refractivity contribution in [2.45, 2.75) is 31.7 Å².